The largest absolute Gasteiger partial charge is 0.460 e. The van der Waals surface area contributed by atoms with Crippen LogP contribution in [0, 0.1) is 0 Å². The first-order chi connectivity index (χ1) is 26.6. The summed E-state index contributed by atoms with van der Waals surface area (Å²) in [4.78, 5) is 17.9. The number of benzene rings is 7. The summed E-state index contributed by atoms with van der Waals surface area (Å²) < 4.78 is 12.1. The maximum Gasteiger partial charge on any atom is 0.344 e. The van der Waals surface area contributed by atoms with Gasteiger partial charge in [0.15, 0.2) is 0 Å². The lowest BCUT2D eigenvalue weighted by atomic mass is 9.96. The Morgan fingerprint density at radius 2 is 1.00 bits per heavy atom. The highest BCUT2D eigenvalue weighted by Gasteiger charge is 2.24. The van der Waals surface area contributed by atoms with E-state index >= 15 is 0 Å². The quantitative estimate of drug-likeness (QED) is 0.159. The molecule has 1 aromatic heterocycles. The minimum atomic E-state index is -1.21. The van der Waals surface area contributed by atoms with Crippen molar-refractivity contribution in [1.29, 1.82) is 0 Å². The molecular weight excluding hydrogens is 669 g/mol. The summed E-state index contributed by atoms with van der Waals surface area (Å²) in [5.41, 5.74) is 9.09. The summed E-state index contributed by atoms with van der Waals surface area (Å²) in [6, 6.07) is 61.8. The lowest BCUT2D eigenvalue weighted by Gasteiger charge is -2.28. The van der Waals surface area contributed by atoms with Crippen molar-refractivity contribution in [1.82, 2.24) is 0 Å². The zero-order valence-electron chi connectivity index (χ0n) is 29.1. The summed E-state index contributed by atoms with van der Waals surface area (Å²) in [5, 5.41) is 12.1. The molecule has 1 unspecified atom stereocenters. The van der Waals surface area contributed by atoms with Gasteiger partial charge in [-0.05, 0) is 102 Å². The topological polar surface area (TPSA) is 66.2 Å². The van der Waals surface area contributed by atoms with Gasteiger partial charge in [0.25, 0.3) is 0 Å². The maximum absolute atomic E-state index is 13.6. The summed E-state index contributed by atoms with van der Waals surface area (Å²) in [7, 11) is 0. The number of ether oxygens (including phenoxy) is 1. The molecule has 0 saturated carbocycles. The molecule has 54 heavy (non-hydrogen) atoms. The average Bonchev–Trinajstić information content (AvgIpc) is 3.22. The molecule has 7 aromatic carbocycles. The first kappa shape index (κ1) is 32.7. The van der Waals surface area contributed by atoms with Crippen LogP contribution in [0.25, 0.3) is 33.7 Å². The number of nitrogens with zero attached hydrogens (tertiary/aromatic N) is 2. The van der Waals surface area contributed by atoms with Crippen molar-refractivity contribution in [3.63, 3.8) is 0 Å². The smallest absolute Gasteiger partial charge is 0.344 e. The maximum atomic E-state index is 13.6. The molecule has 2 heterocycles. The van der Waals surface area contributed by atoms with Gasteiger partial charge in [0.2, 0.25) is 6.29 Å². The van der Waals surface area contributed by atoms with Gasteiger partial charge in [-0.25, -0.2) is 4.79 Å². The molecule has 0 spiro atoms. The van der Waals surface area contributed by atoms with Crippen LogP contribution in [-0.4, -0.2) is 11.4 Å². The molecule has 0 saturated heterocycles. The van der Waals surface area contributed by atoms with Gasteiger partial charge < -0.3 is 24.1 Å². The Kier molecular flexibility index (Phi) is 8.55. The van der Waals surface area contributed by atoms with Gasteiger partial charge in [0.1, 0.15) is 11.3 Å². The Morgan fingerprint density at radius 1 is 0.481 bits per heavy atom. The van der Waals surface area contributed by atoms with Crippen molar-refractivity contribution in [3.05, 3.63) is 210 Å². The highest BCUT2D eigenvalue weighted by atomic mass is 16.6. The zero-order valence-corrected chi connectivity index (χ0v) is 29.1. The lowest BCUT2D eigenvalue weighted by Crippen LogP contribution is -2.21. The van der Waals surface area contributed by atoms with Crippen molar-refractivity contribution in [2.45, 2.75) is 6.29 Å². The van der Waals surface area contributed by atoms with E-state index in [4.69, 9.17) is 9.15 Å². The van der Waals surface area contributed by atoms with Crippen molar-refractivity contribution in [3.8, 4) is 16.9 Å². The number of aliphatic hydroxyl groups excluding tert-OH is 1. The van der Waals surface area contributed by atoms with E-state index < -0.39 is 11.9 Å². The Hall–Kier alpha value is -7.15. The highest BCUT2D eigenvalue weighted by molar-refractivity contribution is 5.91. The third-order valence-corrected chi connectivity index (χ3v) is 9.61. The second-order valence-electron chi connectivity index (χ2n) is 13.1. The third kappa shape index (κ3) is 6.32. The molecule has 9 rings (SSSR count). The van der Waals surface area contributed by atoms with Crippen LogP contribution < -0.4 is 20.2 Å². The minimum Gasteiger partial charge on any atom is -0.460 e. The van der Waals surface area contributed by atoms with Crippen LogP contribution in [0.2, 0.25) is 0 Å². The SMILES string of the molecule is O=c1oc2cc(N(c3ccccc3)c3ccccc3)ccc2cc1-c1cccc(C2=Cc3ccc(N(c4ccccc4)c4ccccc4)cc3OC2O)c1. The molecule has 1 atom stereocenters. The van der Waals surface area contributed by atoms with Gasteiger partial charge in [-0.15, -0.1) is 0 Å². The minimum absolute atomic E-state index is 0.429. The van der Waals surface area contributed by atoms with Crippen molar-refractivity contribution < 1.29 is 14.3 Å². The van der Waals surface area contributed by atoms with Crippen LogP contribution in [0.3, 0.4) is 0 Å². The summed E-state index contributed by atoms with van der Waals surface area (Å²) in [6.07, 6.45) is 0.728. The van der Waals surface area contributed by atoms with Crippen LogP contribution in [0.5, 0.6) is 5.75 Å². The Morgan fingerprint density at radius 3 is 1.57 bits per heavy atom. The van der Waals surface area contributed by atoms with Crippen molar-refractivity contribution in [2.24, 2.45) is 0 Å². The van der Waals surface area contributed by atoms with Gasteiger partial charge in [0, 0.05) is 62.8 Å². The lowest BCUT2D eigenvalue weighted by molar-refractivity contribution is 0.0320. The van der Waals surface area contributed by atoms with E-state index in [0.29, 0.717) is 28.0 Å². The number of aliphatic hydroxyl groups is 1. The second-order valence-corrected chi connectivity index (χ2v) is 13.1. The highest BCUT2D eigenvalue weighted by Crippen LogP contribution is 2.41. The van der Waals surface area contributed by atoms with E-state index in [1.54, 1.807) is 0 Å². The Bertz CT molecular complexity index is 2600. The van der Waals surface area contributed by atoms with Crippen LogP contribution >= 0.6 is 0 Å². The van der Waals surface area contributed by atoms with Gasteiger partial charge in [-0.1, -0.05) is 91.0 Å². The molecule has 8 aromatic rings. The van der Waals surface area contributed by atoms with Crippen LogP contribution in [0.4, 0.5) is 34.1 Å². The van der Waals surface area contributed by atoms with E-state index in [-0.39, 0.29) is 0 Å². The predicted octanol–water partition coefficient (Wildman–Crippen LogP) is 11.7. The molecule has 260 valence electrons. The van der Waals surface area contributed by atoms with Crippen molar-refractivity contribution >= 4 is 56.7 Å². The van der Waals surface area contributed by atoms with E-state index in [2.05, 4.69) is 64.4 Å². The number of hydrogen-bond acceptors (Lipinski definition) is 6. The molecule has 0 fully saturated rings. The molecule has 1 N–H and O–H groups in total. The number of para-hydroxylation sites is 4. The Labute approximate surface area is 312 Å². The Balaban J connectivity index is 1.04. The monoisotopic (exact) mass is 702 g/mol. The fraction of sp³-hybridized carbons (Fsp3) is 0.0208. The molecule has 6 nitrogen and oxygen atoms in total. The molecule has 0 aliphatic carbocycles. The summed E-state index contributed by atoms with van der Waals surface area (Å²) in [5.74, 6) is 0.574. The summed E-state index contributed by atoms with van der Waals surface area (Å²) in [6.45, 7) is 0. The molecule has 0 amide bonds. The van der Waals surface area contributed by atoms with Crippen LogP contribution in [0.1, 0.15) is 11.1 Å². The van der Waals surface area contributed by atoms with Gasteiger partial charge in [-0.2, -0.15) is 0 Å². The number of anilines is 6. The van der Waals surface area contributed by atoms with Gasteiger partial charge in [0.05, 0.1) is 5.56 Å². The van der Waals surface area contributed by atoms with Crippen LogP contribution in [0.15, 0.2) is 197 Å². The van der Waals surface area contributed by atoms with E-state index in [1.165, 1.54) is 0 Å². The number of hydrogen-bond donors (Lipinski definition) is 1. The molecule has 1 aliphatic heterocycles. The normalized spacial score (nSPS) is 13.4. The van der Waals surface area contributed by atoms with E-state index in [0.717, 1.165) is 50.6 Å². The fourth-order valence-corrected chi connectivity index (χ4v) is 7.04. The van der Waals surface area contributed by atoms with Crippen molar-refractivity contribution in [2.75, 3.05) is 9.80 Å². The zero-order chi connectivity index (χ0) is 36.4. The first-order valence-corrected chi connectivity index (χ1v) is 17.8. The van der Waals surface area contributed by atoms with E-state index in [9.17, 15) is 9.90 Å². The average molecular weight is 703 g/mol. The molecular formula is C48H34N2O4. The molecule has 1 aliphatic rings. The fourth-order valence-electron chi connectivity index (χ4n) is 7.04. The predicted molar refractivity (Wildman–Crippen MR) is 218 cm³/mol. The number of fused-ring (bicyclic) bond motifs is 2. The molecule has 0 bridgehead atoms. The summed E-state index contributed by atoms with van der Waals surface area (Å²) >= 11 is 0. The van der Waals surface area contributed by atoms with Gasteiger partial charge in [-0.3, -0.25) is 0 Å². The van der Waals surface area contributed by atoms with E-state index in [1.807, 2.05) is 140 Å². The van der Waals surface area contributed by atoms with Crippen LogP contribution in [-0.2, 0) is 0 Å². The van der Waals surface area contributed by atoms with Gasteiger partial charge >= 0.3 is 5.63 Å². The third-order valence-electron chi connectivity index (χ3n) is 9.61. The number of rotatable bonds is 8. The second kappa shape index (κ2) is 14.1. The molecule has 0 radical (unpaired) electrons. The standard InChI is InChI=1S/C48H34N2O4/c51-47-43(29-35-24-26-41(31-45(35)53-47)49(37-16-5-1-6-17-37)38-18-7-2-8-19-38)33-14-13-15-34(28-33)44-30-36-25-27-42(32-46(36)54-48(44)52)50(39-20-9-3-10-21-39)40-22-11-4-12-23-40/h1-32,47,51H. The molecule has 6 heteroatoms. The first-order valence-electron chi connectivity index (χ1n) is 17.8.